The van der Waals surface area contributed by atoms with Gasteiger partial charge in [0.2, 0.25) is 0 Å². The molecule has 0 fully saturated rings. The molecule has 2 rings (SSSR count). The number of nitrogens with zero attached hydrogens (tertiary/aromatic N) is 3. The fourth-order valence-electron chi connectivity index (χ4n) is 1.26. The average Bonchev–Trinajstić information content (AvgIpc) is 2.80. The van der Waals surface area contributed by atoms with Crippen molar-refractivity contribution in [2.45, 2.75) is 6.54 Å². The van der Waals surface area contributed by atoms with Crippen molar-refractivity contribution < 1.29 is 4.92 Å². The van der Waals surface area contributed by atoms with E-state index in [0.29, 0.717) is 12.4 Å². The summed E-state index contributed by atoms with van der Waals surface area (Å²) in [7, 11) is 0. The quantitative estimate of drug-likeness (QED) is 0.501. The lowest BCUT2D eigenvalue weighted by Crippen LogP contribution is -2.03. The molecule has 8 heteroatoms. The molecule has 2 N–H and O–H groups in total. The number of rotatable bonds is 4. The molecule has 0 aliphatic heterocycles. The van der Waals surface area contributed by atoms with E-state index in [1.165, 1.54) is 18.5 Å². The van der Waals surface area contributed by atoms with Gasteiger partial charge >= 0.3 is 0 Å². The number of H-pyrrole nitrogens is 1. The lowest BCUT2D eigenvalue weighted by atomic mass is 10.3. The maximum absolute atomic E-state index is 10.6. The van der Waals surface area contributed by atoms with E-state index < -0.39 is 4.92 Å². The highest BCUT2D eigenvalue weighted by Gasteiger charge is 2.08. The molecule has 0 radical (unpaired) electrons. The van der Waals surface area contributed by atoms with Crippen LogP contribution in [-0.2, 0) is 6.54 Å². The standard InChI is InChI=1S/C9H8IN5O2/c10-7-3-6(15(16)17)1-2-8(7)11-4-9-12-5-13-14-9/h1-3,5,11H,4H2,(H,12,13,14). The molecule has 1 aromatic carbocycles. The summed E-state index contributed by atoms with van der Waals surface area (Å²) < 4.78 is 0.788. The van der Waals surface area contributed by atoms with E-state index in [2.05, 4.69) is 20.5 Å². The lowest BCUT2D eigenvalue weighted by molar-refractivity contribution is -0.384. The Labute approximate surface area is 110 Å². The van der Waals surface area contributed by atoms with E-state index in [9.17, 15) is 10.1 Å². The molecule has 1 aromatic heterocycles. The first kappa shape index (κ1) is 11.8. The van der Waals surface area contributed by atoms with Gasteiger partial charge in [0.1, 0.15) is 12.2 Å². The van der Waals surface area contributed by atoms with Crippen molar-refractivity contribution in [3.8, 4) is 0 Å². The molecule has 0 aliphatic rings. The number of nitrogens with one attached hydrogen (secondary N) is 2. The molecular weight excluding hydrogens is 337 g/mol. The number of nitro groups is 1. The van der Waals surface area contributed by atoms with Crippen molar-refractivity contribution >= 4 is 34.0 Å². The number of benzene rings is 1. The second-order valence-electron chi connectivity index (χ2n) is 3.21. The Hall–Kier alpha value is -1.71. The average molecular weight is 345 g/mol. The Kier molecular flexibility index (Phi) is 3.52. The van der Waals surface area contributed by atoms with Crippen molar-refractivity contribution in [3.05, 3.63) is 44.0 Å². The predicted molar refractivity (Wildman–Crippen MR) is 69.5 cm³/mol. The van der Waals surface area contributed by atoms with Gasteiger partial charge in [-0.1, -0.05) is 0 Å². The smallest absolute Gasteiger partial charge is 0.270 e. The minimum absolute atomic E-state index is 0.0830. The van der Waals surface area contributed by atoms with Crippen LogP contribution in [0.1, 0.15) is 5.82 Å². The van der Waals surface area contributed by atoms with Gasteiger partial charge in [0, 0.05) is 21.4 Å². The molecule has 0 saturated carbocycles. The van der Waals surface area contributed by atoms with Gasteiger partial charge in [-0.15, -0.1) is 0 Å². The third-order valence-corrected chi connectivity index (χ3v) is 2.97. The minimum Gasteiger partial charge on any atom is -0.377 e. The normalized spacial score (nSPS) is 10.2. The molecule has 0 bridgehead atoms. The van der Waals surface area contributed by atoms with Crippen molar-refractivity contribution in [2.75, 3.05) is 5.32 Å². The van der Waals surface area contributed by atoms with Crippen LogP contribution in [0.5, 0.6) is 0 Å². The predicted octanol–water partition coefficient (Wildman–Crippen LogP) is 1.93. The van der Waals surface area contributed by atoms with Crippen LogP contribution in [0.25, 0.3) is 0 Å². The van der Waals surface area contributed by atoms with Crippen LogP contribution in [0.4, 0.5) is 11.4 Å². The monoisotopic (exact) mass is 345 g/mol. The van der Waals surface area contributed by atoms with Crippen LogP contribution in [0.15, 0.2) is 24.5 Å². The van der Waals surface area contributed by atoms with Crippen LogP contribution in [-0.4, -0.2) is 20.1 Å². The molecule has 2 aromatic rings. The van der Waals surface area contributed by atoms with Gasteiger partial charge in [-0.05, 0) is 28.7 Å². The molecule has 7 nitrogen and oxygen atoms in total. The highest BCUT2D eigenvalue weighted by Crippen LogP contribution is 2.23. The van der Waals surface area contributed by atoms with E-state index in [4.69, 9.17) is 0 Å². The van der Waals surface area contributed by atoms with Gasteiger partial charge in [0.25, 0.3) is 5.69 Å². The maximum Gasteiger partial charge on any atom is 0.270 e. The number of anilines is 1. The zero-order chi connectivity index (χ0) is 12.3. The highest BCUT2D eigenvalue weighted by atomic mass is 127. The fraction of sp³-hybridized carbons (Fsp3) is 0.111. The minimum atomic E-state index is -0.414. The van der Waals surface area contributed by atoms with Gasteiger partial charge < -0.3 is 5.32 Å². The first-order valence-electron chi connectivity index (χ1n) is 4.69. The summed E-state index contributed by atoms with van der Waals surface area (Å²) in [5, 5.41) is 20.1. The van der Waals surface area contributed by atoms with E-state index in [1.807, 2.05) is 22.6 Å². The van der Waals surface area contributed by atoms with Crippen molar-refractivity contribution in [3.63, 3.8) is 0 Å². The van der Waals surface area contributed by atoms with Crippen LogP contribution in [0.2, 0.25) is 0 Å². The Balaban J connectivity index is 2.09. The summed E-state index contributed by atoms with van der Waals surface area (Å²) in [6, 6.07) is 4.66. The third-order valence-electron chi connectivity index (χ3n) is 2.07. The number of halogens is 1. The number of nitro benzene ring substituents is 1. The molecule has 0 atom stereocenters. The molecular formula is C9H8IN5O2. The largest absolute Gasteiger partial charge is 0.377 e. The number of hydrogen-bond donors (Lipinski definition) is 2. The van der Waals surface area contributed by atoms with Gasteiger partial charge in [-0.3, -0.25) is 15.2 Å². The van der Waals surface area contributed by atoms with Crippen molar-refractivity contribution in [1.29, 1.82) is 0 Å². The number of non-ortho nitro benzene ring substituents is 1. The van der Waals surface area contributed by atoms with Gasteiger partial charge in [0.15, 0.2) is 0 Å². The molecule has 1 heterocycles. The van der Waals surface area contributed by atoms with E-state index in [0.717, 1.165) is 9.26 Å². The van der Waals surface area contributed by atoms with Crippen LogP contribution >= 0.6 is 22.6 Å². The number of hydrogen-bond acceptors (Lipinski definition) is 5. The Bertz CT molecular complexity index is 528. The summed E-state index contributed by atoms with van der Waals surface area (Å²) in [6.45, 7) is 0.494. The third kappa shape index (κ3) is 2.90. The second kappa shape index (κ2) is 5.08. The summed E-state index contributed by atoms with van der Waals surface area (Å²) >= 11 is 2.05. The highest BCUT2D eigenvalue weighted by molar-refractivity contribution is 14.1. The Morgan fingerprint density at radius 3 is 2.94 bits per heavy atom. The fourth-order valence-corrected chi connectivity index (χ4v) is 1.95. The van der Waals surface area contributed by atoms with Gasteiger partial charge in [-0.25, -0.2) is 4.98 Å². The summed E-state index contributed by atoms with van der Waals surface area (Å²) in [4.78, 5) is 14.1. The van der Waals surface area contributed by atoms with E-state index >= 15 is 0 Å². The van der Waals surface area contributed by atoms with Gasteiger partial charge in [-0.2, -0.15) is 5.10 Å². The number of aromatic amines is 1. The van der Waals surface area contributed by atoms with Crippen molar-refractivity contribution in [2.24, 2.45) is 0 Å². The lowest BCUT2D eigenvalue weighted by Gasteiger charge is -2.06. The molecule has 0 saturated heterocycles. The Morgan fingerprint density at radius 1 is 1.53 bits per heavy atom. The van der Waals surface area contributed by atoms with Crippen molar-refractivity contribution in [1.82, 2.24) is 15.2 Å². The zero-order valence-corrected chi connectivity index (χ0v) is 10.7. The molecule has 17 heavy (non-hydrogen) atoms. The van der Waals surface area contributed by atoms with Crippen LogP contribution in [0.3, 0.4) is 0 Å². The first-order chi connectivity index (χ1) is 8.16. The van der Waals surface area contributed by atoms with E-state index in [-0.39, 0.29) is 5.69 Å². The molecule has 0 unspecified atom stereocenters. The zero-order valence-electron chi connectivity index (χ0n) is 8.55. The maximum atomic E-state index is 10.6. The molecule has 0 aliphatic carbocycles. The molecule has 88 valence electrons. The number of aromatic nitrogens is 3. The SMILES string of the molecule is O=[N+]([O-])c1ccc(NCc2ncn[nH]2)c(I)c1. The first-order valence-corrected chi connectivity index (χ1v) is 5.77. The van der Waals surface area contributed by atoms with Crippen LogP contribution in [0, 0.1) is 13.7 Å². The Morgan fingerprint density at radius 2 is 2.35 bits per heavy atom. The van der Waals surface area contributed by atoms with Gasteiger partial charge in [0.05, 0.1) is 11.5 Å². The molecule has 0 spiro atoms. The van der Waals surface area contributed by atoms with Crippen LogP contribution < -0.4 is 5.32 Å². The second-order valence-corrected chi connectivity index (χ2v) is 4.37. The van der Waals surface area contributed by atoms with E-state index in [1.54, 1.807) is 6.07 Å². The summed E-state index contributed by atoms with van der Waals surface area (Å²) in [5.74, 6) is 0.708. The topological polar surface area (TPSA) is 96.7 Å². The summed E-state index contributed by atoms with van der Waals surface area (Å²) in [5.41, 5.74) is 0.909. The summed E-state index contributed by atoms with van der Waals surface area (Å²) in [6.07, 6.45) is 1.43. The molecule has 0 amide bonds.